The zero-order valence-corrected chi connectivity index (χ0v) is 14.9. The van der Waals surface area contributed by atoms with Crippen LogP contribution in [0, 0.1) is 11.8 Å². The summed E-state index contributed by atoms with van der Waals surface area (Å²) in [6.07, 6.45) is 6.19. The molecule has 0 amide bonds. The molecule has 0 radical (unpaired) electrons. The van der Waals surface area contributed by atoms with E-state index in [2.05, 4.69) is 0 Å². The van der Waals surface area contributed by atoms with E-state index in [-0.39, 0.29) is 23.8 Å². The fourth-order valence-corrected chi connectivity index (χ4v) is 3.27. The Morgan fingerprint density at radius 3 is 1.38 bits per heavy atom. The van der Waals surface area contributed by atoms with Crippen molar-refractivity contribution < 1.29 is 29.3 Å². The second-order valence-corrected chi connectivity index (χ2v) is 6.42. The van der Waals surface area contributed by atoms with Gasteiger partial charge in [-0.2, -0.15) is 0 Å². The first-order valence-electron chi connectivity index (χ1n) is 9.20. The van der Waals surface area contributed by atoms with Crippen LogP contribution in [0.1, 0.15) is 65.2 Å². The molecule has 6 heteroatoms. The van der Waals surface area contributed by atoms with Gasteiger partial charge in [-0.3, -0.25) is 9.59 Å². The molecule has 0 aromatic heterocycles. The molecule has 6 nitrogen and oxygen atoms in total. The average Bonchev–Trinajstić information content (AvgIpc) is 2.56. The maximum absolute atomic E-state index is 11.2. The van der Waals surface area contributed by atoms with Crippen LogP contribution in [0.25, 0.3) is 0 Å². The predicted octanol–water partition coefficient (Wildman–Crippen LogP) is 2.20. The summed E-state index contributed by atoms with van der Waals surface area (Å²) in [5.41, 5.74) is 0. The Kier molecular flexibility index (Phi) is 9.95. The highest BCUT2D eigenvalue weighted by molar-refractivity contribution is 5.73. The summed E-state index contributed by atoms with van der Waals surface area (Å²) in [5.74, 6) is -0.994. The van der Waals surface area contributed by atoms with Gasteiger partial charge in [0.1, 0.15) is 0 Å². The van der Waals surface area contributed by atoms with E-state index in [0.29, 0.717) is 13.2 Å². The van der Waals surface area contributed by atoms with Gasteiger partial charge in [-0.1, -0.05) is 25.7 Å². The molecule has 2 N–H and O–H groups in total. The lowest BCUT2D eigenvalue weighted by Gasteiger charge is -2.25. The molecule has 0 aromatic carbocycles. The van der Waals surface area contributed by atoms with E-state index < -0.39 is 12.2 Å². The lowest BCUT2D eigenvalue weighted by molar-refractivity contribution is -0.154. The van der Waals surface area contributed by atoms with Crippen LogP contribution in [-0.2, 0) is 19.1 Å². The van der Waals surface area contributed by atoms with Crippen molar-refractivity contribution in [3.63, 3.8) is 0 Å². The molecule has 2 rings (SSSR count). The molecule has 0 bridgehead atoms. The molecule has 2 saturated carbocycles. The molecular weight excluding hydrogens is 312 g/mol. The summed E-state index contributed by atoms with van der Waals surface area (Å²) >= 11 is 0. The van der Waals surface area contributed by atoms with Crippen molar-refractivity contribution in [2.24, 2.45) is 11.8 Å². The third-order valence-electron chi connectivity index (χ3n) is 4.64. The van der Waals surface area contributed by atoms with Crippen molar-refractivity contribution >= 4 is 11.9 Å². The molecule has 2 aliphatic carbocycles. The van der Waals surface area contributed by atoms with Crippen molar-refractivity contribution in [2.45, 2.75) is 77.4 Å². The van der Waals surface area contributed by atoms with Gasteiger partial charge in [0.05, 0.1) is 37.3 Å². The minimum Gasteiger partial charge on any atom is -0.466 e. The largest absolute Gasteiger partial charge is 0.466 e. The zero-order chi connectivity index (χ0) is 17.9. The Labute approximate surface area is 144 Å². The van der Waals surface area contributed by atoms with Crippen LogP contribution in [0.3, 0.4) is 0 Å². The second-order valence-electron chi connectivity index (χ2n) is 6.42. The smallest absolute Gasteiger partial charge is 0.311 e. The number of ether oxygens (including phenoxy) is 2. The lowest BCUT2D eigenvalue weighted by Crippen LogP contribution is -2.32. The van der Waals surface area contributed by atoms with Gasteiger partial charge < -0.3 is 19.7 Å². The Morgan fingerprint density at radius 1 is 0.750 bits per heavy atom. The van der Waals surface area contributed by atoms with Crippen LogP contribution in [0.15, 0.2) is 0 Å². The molecule has 4 atom stereocenters. The molecule has 140 valence electrons. The molecule has 0 aromatic rings. The topological polar surface area (TPSA) is 93.1 Å². The highest BCUT2D eigenvalue weighted by Gasteiger charge is 2.31. The predicted molar refractivity (Wildman–Crippen MR) is 89.2 cm³/mol. The van der Waals surface area contributed by atoms with Crippen LogP contribution >= 0.6 is 0 Å². The summed E-state index contributed by atoms with van der Waals surface area (Å²) < 4.78 is 9.71. The van der Waals surface area contributed by atoms with Gasteiger partial charge in [0.15, 0.2) is 0 Å². The minimum atomic E-state index is -0.474. The summed E-state index contributed by atoms with van der Waals surface area (Å²) in [6.45, 7) is 4.38. The van der Waals surface area contributed by atoms with Crippen LogP contribution in [0.2, 0.25) is 0 Å². The van der Waals surface area contributed by atoms with E-state index in [4.69, 9.17) is 9.47 Å². The van der Waals surface area contributed by atoms with Gasteiger partial charge >= 0.3 is 11.9 Å². The molecule has 2 aliphatic rings. The third kappa shape index (κ3) is 6.77. The average molecular weight is 344 g/mol. The van der Waals surface area contributed by atoms with Gasteiger partial charge in [0, 0.05) is 0 Å². The SMILES string of the molecule is CCOC(=O)[C@@H]1CCCC[C@@H]1O.CCOC(=O)[C@H]1CCCC[C@H]1O. The van der Waals surface area contributed by atoms with E-state index >= 15 is 0 Å². The first-order chi connectivity index (χ1) is 11.5. The molecular formula is C18H32O6. The van der Waals surface area contributed by atoms with Gasteiger partial charge in [0.25, 0.3) is 0 Å². The Bertz CT molecular complexity index is 348. The van der Waals surface area contributed by atoms with Crippen molar-refractivity contribution in [1.82, 2.24) is 0 Å². The number of aliphatic hydroxyl groups excluding tert-OH is 2. The maximum Gasteiger partial charge on any atom is 0.311 e. The third-order valence-corrected chi connectivity index (χ3v) is 4.64. The monoisotopic (exact) mass is 344 g/mol. The number of hydrogen-bond acceptors (Lipinski definition) is 6. The molecule has 0 spiro atoms. The Hall–Kier alpha value is -1.14. The quantitative estimate of drug-likeness (QED) is 0.760. The number of hydrogen-bond donors (Lipinski definition) is 2. The van der Waals surface area contributed by atoms with Crippen molar-refractivity contribution in [2.75, 3.05) is 13.2 Å². The lowest BCUT2D eigenvalue weighted by atomic mass is 9.87. The first kappa shape index (κ1) is 20.9. The molecule has 0 aliphatic heterocycles. The van der Waals surface area contributed by atoms with Crippen LogP contribution < -0.4 is 0 Å². The van der Waals surface area contributed by atoms with Gasteiger partial charge in [0.2, 0.25) is 0 Å². The molecule has 24 heavy (non-hydrogen) atoms. The minimum absolute atomic E-state index is 0.232. The second kappa shape index (κ2) is 11.4. The normalized spacial score (nSPS) is 29.8. The van der Waals surface area contributed by atoms with Crippen LogP contribution in [0.5, 0.6) is 0 Å². The van der Waals surface area contributed by atoms with Crippen molar-refractivity contribution in [1.29, 1.82) is 0 Å². The Morgan fingerprint density at radius 2 is 1.08 bits per heavy atom. The molecule has 2 fully saturated rings. The van der Waals surface area contributed by atoms with Crippen LogP contribution in [-0.4, -0.2) is 47.6 Å². The number of rotatable bonds is 4. The highest BCUT2D eigenvalue weighted by atomic mass is 16.5. The zero-order valence-electron chi connectivity index (χ0n) is 14.9. The fourth-order valence-electron chi connectivity index (χ4n) is 3.27. The van der Waals surface area contributed by atoms with E-state index in [9.17, 15) is 19.8 Å². The molecule has 0 unspecified atom stereocenters. The number of esters is 2. The highest BCUT2D eigenvalue weighted by Crippen LogP contribution is 2.26. The van der Waals surface area contributed by atoms with Gasteiger partial charge in [-0.05, 0) is 39.5 Å². The summed E-state index contributed by atoms with van der Waals surface area (Å²) in [4.78, 5) is 22.5. The Balaban J connectivity index is 0.000000240. The van der Waals surface area contributed by atoms with Crippen molar-refractivity contribution in [3.05, 3.63) is 0 Å². The van der Waals surface area contributed by atoms with Crippen LogP contribution in [0.4, 0.5) is 0 Å². The standard InChI is InChI=1S/2C9H16O3/c2*1-2-12-9(11)7-5-3-4-6-8(7)10/h2*7-8,10H,2-6H2,1H3/t2*7-,8+/m10/s1. The summed E-state index contributed by atoms with van der Waals surface area (Å²) in [5, 5.41) is 18.9. The fraction of sp³-hybridized carbons (Fsp3) is 0.889. The van der Waals surface area contributed by atoms with E-state index in [1.807, 2.05) is 0 Å². The van der Waals surface area contributed by atoms with E-state index in [1.54, 1.807) is 13.8 Å². The first-order valence-corrected chi connectivity index (χ1v) is 9.20. The summed E-state index contributed by atoms with van der Waals surface area (Å²) in [7, 11) is 0. The maximum atomic E-state index is 11.2. The number of aliphatic hydroxyl groups is 2. The summed E-state index contributed by atoms with van der Waals surface area (Å²) in [6, 6.07) is 0. The number of carbonyl (C=O) groups excluding carboxylic acids is 2. The van der Waals surface area contributed by atoms with Gasteiger partial charge in [-0.25, -0.2) is 0 Å². The van der Waals surface area contributed by atoms with E-state index in [0.717, 1.165) is 51.4 Å². The van der Waals surface area contributed by atoms with Gasteiger partial charge in [-0.15, -0.1) is 0 Å². The molecule has 0 saturated heterocycles. The van der Waals surface area contributed by atoms with Crippen molar-refractivity contribution in [3.8, 4) is 0 Å². The molecule has 0 heterocycles. The number of carbonyl (C=O) groups is 2. The van der Waals surface area contributed by atoms with E-state index in [1.165, 1.54) is 0 Å².